The molecule has 0 radical (unpaired) electrons. The van der Waals surface area contributed by atoms with Crippen molar-refractivity contribution in [2.24, 2.45) is 0 Å². The van der Waals surface area contributed by atoms with Gasteiger partial charge in [-0.05, 0) is 44.2 Å². The van der Waals surface area contributed by atoms with Crippen molar-refractivity contribution in [3.05, 3.63) is 53.6 Å². The predicted octanol–water partition coefficient (Wildman–Crippen LogP) is 4.87. The fraction of sp³-hybridized carbons (Fsp3) is 0.222. The summed E-state index contributed by atoms with van der Waals surface area (Å²) < 4.78 is 5.40. The van der Waals surface area contributed by atoms with Crippen LogP contribution in [0.25, 0.3) is 0 Å². The van der Waals surface area contributed by atoms with E-state index >= 15 is 0 Å². The summed E-state index contributed by atoms with van der Waals surface area (Å²) in [6, 6.07) is 13.3. The third kappa shape index (κ3) is 4.64. The lowest BCUT2D eigenvalue weighted by atomic mass is 10.2. The van der Waals surface area contributed by atoms with Crippen LogP contribution in [0.3, 0.4) is 0 Å². The maximum Gasteiger partial charge on any atom is 0.419 e. The van der Waals surface area contributed by atoms with E-state index in [0.717, 1.165) is 4.90 Å². The Bertz CT molecular complexity index is 766. The van der Waals surface area contributed by atoms with E-state index in [1.54, 1.807) is 49.4 Å². The molecule has 0 aromatic heterocycles. The number of carbonyl (C=O) groups excluding carboxylic acids is 1. The summed E-state index contributed by atoms with van der Waals surface area (Å²) in [5.74, 6) is 0.266. The summed E-state index contributed by atoms with van der Waals surface area (Å²) in [5, 5.41) is 9.72. The van der Waals surface area contributed by atoms with Crippen molar-refractivity contribution in [2.75, 3.05) is 22.9 Å². The molecule has 0 heterocycles. The van der Waals surface area contributed by atoms with Crippen molar-refractivity contribution in [1.29, 1.82) is 0 Å². The molecule has 1 N–H and O–H groups in total. The zero-order valence-corrected chi connectivity index (χ0v) is 14.7. The monoisotopic (exact) mass is 362 g/mol. The Labute approximate surface area is 151 Å². The highest BCUT2D eigenvalue weighted by molar-refractivity contribution is 6.30. The zero-order chi connectivity index (χ0) is 18.4. The number of nitrogens with zero attached hydrogens (tertiary/aromatic N) is 2. The molecule has 2 aromatic carbocycles. The molecule has 132 valence electrons. The van der Waals surface area contributed by atoms with Gasteiger partial charge < -0.3 is 9.84 Å². The quantitative estimate of drug-likeness (QED) is 0.823. The number of hydrogen-bond acceptors (Lipinski definition) is 3. The van der Waals surface area contributed by atoms with Crippen LogP contribution in [0.1, 0.15) is 13.8 Å². The number of carboxylic acid groups (broad SMARTS) is 1. The topological polar surface area (TPSA) is 70.1 Å². The molecule has 7 heteroatoms. The summed E-state index contributed by atoms with van der Waals surface area (Å²) in [4.78, 5) is 26.3. The molecule has 0 aliphatic carbocycles. The van der Waals surface area contributed by atoms with E-state index in [1.165, 1.54) is 11.0 Å². The molecular formula is C18H19ClN2O4. The summed E-state index contributed by atoms with van der Waals surface area (Å²) in [6.07, 6.45) is -1.64. The lowest BCUT2D eigenvalue weighted by Crippen LogP contribution is -2.33. The van der Waals surface area contributed by atoms with E-state index in [0.29, 0.717) is 22.9 Å². The van der Waals surface area contributed by atoms with Gasteiger partial charge in [0.15, 0.2) is 0 Å². The SMILES string of the molecule is CCN(C(=O)O)c1cccc(OC(=O)N(CC)c2cccc(Cl)c2)c1. The Hall–Kier alpha value is -2.73. The van der Waals surface area contributed by atoms with E-state index in [9.17, 15) is 14.7 Å². The van der Waals surface area contributed by atoms with Gasteiger partial charge in [-0.15, -0.1) is 0 Å². The van der Waals surface area contributed by atoms with E-state index in [1.807, 2.05) is 6.92 Å². The number of hydrogen-bond donors (Lipinski definition) is 1. The Balaban J connectivity index is 2.20. The Morgan fingerprint density at radius 3 is 2.16 bits per heavy atom. The van der Waals surface area contributed by atoms with Crippen molar-refractivity contribution >= 4 is 35.2 Å². The molecule has 2 aromatic rings. The van der Waals surface area contributed by atoms with Gasteiger partial charge in [-0.25, -0.2) is 9.59 Å². The number of ether oxygens (including phenoxy) is 1. The first-order chi connectivity index (χ1) is 12.0. The van der Waals surface area contributed by atoms with Crippen molar-refractivity contribution in [3.8, 4) is 5.75 Å². The average molecular weight is 363 g/mol. The second kappa shape index (κ2) is 8.39. The van der Waals surface area contributed by atoms with Crippen LogP contribution >= 0.6 is 11.6 Å². The molecule has 2 amide bonds. The van der Waals surface area contributed by atoms with Crippen molar-refractivity contribution in [1.82, 2.24) is 0 Å². The van der Waals surface area contributed by atoms with Crippen LogP contribution in [0, 0.1) is 0 Å². The number of benzene rings is 2. The van der Waals surface area contributed by atoms with Crippen LogP contribution in [0.4, 0.5) is 21.0 Å². The highest BCUT2D eigenvalue weighted by Gasteiger charge is 2.18. The minimum absolute atomic E-state index is 0.266. The van der Waals surface area contributed by atoms with Gasteiger partial charge in [0.1, 0.15) is 5.75 Å². The van der Waals surface area contributed by atoms with Crippen LogP contribution in [-0.2, 0) is 0 Å². The number of carbonyl (C=O) groups is 2. The van der Waals surface area contributed by atoms with Crippen LogP contribution in [0.15, 0.2) is 48.5 Å². The van der Waals surface area contributed by atoms with Gasteiger partial charge in [0.05, 0.1) is 5.69 Å². The molecule has 25 heavy (non-hydrogen) atoms. The molecule has 0 saturated heterocycles. The van der Waals surface area contributed by atoms with Crippen molar-refractivity contribution in [3.63, 3.8) is 0 Å². The van der Waals surface area contributed by atoms with Crippen molar-refractivity contribution < 1.29 is 19.4 Å². The van der Waals surface area contributed by atoms with E-state index < -0.39 is 12.2 Å². The smallest absolute Gasteiger partial charge is 0.419 e. The van der Waals surface area contributed by atoms with Crippen LogP contribution in [0.5, 0.6) is 5.75 Å². The largest absolute Gasteiger partial charge is 0.465 e. The standard InChI is InChI=1S/C18H19ClN2O4/c1-3-20(17(22)23)15-9-6-10-16(12-15)25-18(24)21(4-2)14-8-5-7-13(19)11-14/h5-12H,3-4H2,1-2H3,(H,22,23). The summed E-state index contributed by atoms with van der Waals surface area (Å²) in [6.45, 7) is 4.23. The summed E-state index contributed by atoms with van der Waals surface area (Å²) in [7, 11) is 0. The second-order valence-electron chi connectivity index (χ2n) is 5.12. The van der Waals surface area contributed by atoms with Crippen LogP contribution < -0.4 is 14.5 Å². The maximum atomic E-state index is 12.5. The molecule has 0 unspecified atom stereocenters. The van der Waals surface area contributed by atoms with Gasteiger partial charge in [0, 0.05) is 29.9 Å². The van der Waals surface area contributed by atoms with Crippen LogP contribution in [0.2, 0.25) is 5.02 Å². The predicted molar refractivity (Wildman–Crippen MR) is 98.0 cm³/mol. The van der Waals surface area contributed by atoms with Crippen LogP contribution in [-0.4, -0.2) is 30.4 Å². The fourth-order valence-electron chi connectivity index (χ4n) is 2.36. The molecule has 0 fully saturated rings. The molecule has 0 bridgehead atoms. The van der Waals surface area contributed by atoms with Gasteiger partial charge >= 0.3 is 12.2 Å². The first kappa shape index (κ1) is 18.6. The molecule has 6 nitrogen and oxygen atoms in total. The Kier molecular flexibility index (Phi) is 6.25. The Morgan fingerprint density at radius 2 is 1.60 bits per heavy atom. The van der Waals surface area contributed by atoms with Gasteiger partial charge in [-0.1, -0.05) is 23.7 Å². The lowest BCUT2D eigenvalue weighted by molar-refractivity contribution is 0.202. The highest BCUT2D eigenvalue weighted by Crippen LogP contribution is 2.24. The molecular weight excluding hydrogens is 344 g/mol. The number of anilines is 2. The second-order valence-corrected chi connectivity index (χ2v) is 5.55. The maximum absolute atomic E-state index is 12.5. The average Bonchev–Trinajstić information content (AvgIpc) is 2.56. The lowest BCUT2D eigenvalue weighted by Gasteiger charge is -2.21. The molecule has 0 spiro atoms. The van der Waals surface area contributed by atoms with Gasteiger partial charge in [-0.3, -0.25) is 9.80 Å². The van der Waals surface area contributed by atoms with Gasteiger partial charge in [0.2, 0.25) is 0 Å². The summed E-state index contributed by atoms with van der Waals surface area (Å²) >= 11 is 5.97. The third-order valence-electron chi connectivity index (χ3n) is 3.54. The molecule has 2 rings (SSSR count). The third-order valence-corrected chi connectivity index (χ3v) is 3.77. The number of rotatable bonds is 5. The minimum atomic E-state index is -1.07. The van der Waals surface area contributed by atoms with E-state index in [2.05, 4.69) is 0 Å². The first-order valence-corrected chi connectivity index (χ1v) is 8.19. The minimum Gasteiger partial charge on any atom is -0.465 e. The van der Waals surface area contributed by atoms with Gasteiger partial charge in [0.25, 0.3) is 0 Å². The molecule has 0 saturated carbocycles. The highest BCUT2D eigenvalue weighted by atomic mass is 35.5. The van der Waals surface area contributed by atoms with E-state index in [-0.39, 0.29) is 12.3 Å². The first-order valence-electron chi connectivity index (χ1n) is 7.81. The summed E-state index contributed by atoms with van der Waals surface area (Å²) in [5.41, 5.74) is 1.06. The Morgan fingerprint density at radius 1 is 1.00 bits per heavy atom. The molecule has 0 aliphatic rings. The number of amides is 2. The normalized spacial score (nSPS) is 10.2. The molecule has 0 atom stereocenters. The molecule has 0 aliphatic heterocycles. The van der Waals surface area contributed by atoms with Gasteiger partial charge in [-0.2, -0.15) is 0 Å². The van der Waals surface area contributed by atoms with Crippen molar-refractivity contribution in [2.45, 2.75) is 13.8 Å². The fourth-order valence-corrected chi connectivity index (χ4v) is 2.54. The number of halogens is 1. The van der Waals surface area contributed by atoms with E-state index in [4.69, 9.17) is 16.3 Å². The zero-order valence-electron chi connectivity index (χ0n) is 14.0.